The third-order valence-corrected chi connectivity index (χ3v) is 8.13. The van der Waals surface area contributed by atoms with Gasteiger partial charge in [-0.05, 0) is 30.4 Å². The van der Waals surface area contributed by atoms with E-state index in [4.69, 9.17) is 25.8 Å². The molecule has 214 valence electrons. The van der Waals surface area contributed by atoms with Gasteiger partial charge in [0, 0.05) is 6.54 Å². The molecule has 3 aromatic heterocycles. The normalized spacial score (nSPS) is 25.3. The molecule has 1 saturated heterocycles. The lowest BCUT2D eigenvalue weighted by Gasteiger charge is -2.33. The van der Waals surface area contributed by atoms with E-state index >= 15 is 0 Å². The van der Waals surface area contributed by atoms with Crippen molar-refractivity contribution in [1.29, 1.82) is 0 Å². The molecule has 0 bridgehead atoms. The van der Waals surface area contributed by atoms with Crippen molar-refractivity contribution in [2.75, 3.05) is 31.7 Å². The fourth-order valence-corrected chi connectivity index (χ4v) is 4.88. The van der Waals surface area contributed by atoms with Crippen molar-refractivity contribution < 1.29 is 43.9 Å². The molecule has 3 aromatic rings. The summed E-state index contributed by atoms with van der Waals surface area (Å²) >= 11 is 6.12. The van der Waals surface area contributed by atoms with Crippen molar-refractivity contribution in [3.63, 3.8) is 0 Å². The van der Waals surface area contributed by atoms with Gasteiger partial charge in [0.25, 0.3) is 0 Å². The number of nitrogens with zero attached hydrogens (tertiary/aromatic N) is 7. The number of fused-ring (bicyclic) bond motifs is 1. The van der Waals surface area contributed by atoms with E-state index in [1.54, 1.807) is 0 Å². The Morgan fingerprint density at radius 1 is 1.28 bits per heavy atom. The van der Waals surface area contributed by atoms with E-state index < -0.39 is 57.3 Å². The number of ether oxygens (including phenoxy) is 3. The Morgan fingerprint density at radius 2 is 2.08 bits per heavy atom. The molecule has 5 atom stereocenters. The van der Waals surface area contributed by atoms with E-state index in [0.29, 0.717) is 23.7 Å². The second-order valence-corrected chi connectivity index (χ2v) is 11.6. The van der Waals surface area contributed by atoms with E-state index in [9.17, 15) is 29.7 Å². The number of hydrogen-bond donors (Lipinski definition) is 7. The molecule has 0 amide bonds. The number of hydrogen-bond acceptors (Lipinski definition) is 14. The molecular weight excluding hydrogens is 565 g/mol. The summed E-state index contributed by atoms with van der Waals surface area (Å²) in [5, 5.41) is 49.5. The number of aromatic amines is 1. The summed E-state index contributed by atoms with van der Waals surface area (Å²) in [6, 6.07) is 0. The minimum atomic E-state index is -5.14. The van der Waals surface area contributed by atoms with Crippen LogP contribution >= 0.6 is 19.2 Å². The number of nitrogens with one attached hydrogen (secondary N) is 2. The molecule has 4 heterocycles. The van der Waals surface area contributed by atoms with Crippen LogP contribution in [0.1, 0.15) is 24.9 Å². The van der Waals surface area contributed by atoms with Crippen LogP contribution in [0.3, 0.4) is 0 Å². The summed E-state index contributed by atoms with van der Waals surface area (Å²) in [7, 11) is -5.14. The zero-order valence-corrected chi connectivity index (χ0v) is 21.9. The summed E-state index contributed by atoms with van der Waals surface area (Å²) in [4.78, 5) is 28.3. The molecule has 2 fully saturated rings. The summed E-state index contributed by atoms with van der Waals surface area (Å²) in [5.74, 6) is 1.13. The minimum absolute atomic E-state index is 0.0642. The van der Waals surface area contributed by atoms with Gasteiger partial charge in [0.05, 0.1) is 31.4 Å². The monoisotopic (exact) mass is 591 g/mol. The highest BCUT2D eigenvalue weighted by molar-refractivity contribution is 7.53. The van der Waals surface area contributed by atoms with Crippen LogP contribution in [0.15, 0.2) is 6.20 Å². The predicted octanol–water partition coefficient (Wildman–Crippen LogP) is -1.47. The fraction of sp³-hybridized carbons (Fsp3) is 0.684. The first kappa shape index (κ1) is 28.2. The van der Waals surface area contributed by atoms with Crippen LogP contribution in [-0.2, 0) is 25.4 Å². The van der Waals surface area contributed by atoms with E-state index in [0.717, 1.165) is 12.8 Å². The molecule has 0 radical (unpaired) electrons. The summed E-state index contributed by atoms with van der Waals surface area (Å²) in [5.41, 5.74) is 0.237. The van der Waals surface area contributed by atoms with Crippen molar-refractivity contribution in [2.45, 2.75) is 49.3 Å². The molecule has 39 heavy (non-hydrogen) atoms. The van der Waals surface area contributed by atoms with Crippen LogP contribution in [0, 0.1) is 5.92 Å². The van der Waals surface area contributed by atoms with Crippen LogP contribution in [0.2, 0.25) is 5.28 Å². The largest absolute Gasteiger partial charge is 0.393 e. The molecule has 7 N–H and O–H groups in total. The molecule has 2 aliphatic rings. The SMILES string of the molecule is O=P(O)(O)C(CO)(COCc1nn[nH]n1)OC[C@H]1O[C@@H](n2ncc3c(NCC4CC4)nc(Cl)nc32)[C@H](O)[C@@H]1O. The van der Waals surface area contributed by atoms with Crippen LogP contribution in [0.4, 0.5) is 5.82 Å². The molecule has 18 nitrogen and oxygen atoms in total. The van der Waals surface area contributed by atoms with Crippen LogP contribution in [0.25, 0.3) is 11.0 Å². The van der Waals surface area contributed by atoms with Gasteiger partial charge >= 0.3 is 7.60 Å². The Labute approximate surface area is 224 Å². The fourth-order valence-electron chi connectivity index (χ4n) is 4.03. The van der Waals surface area contributed by atoms with Crippen LogP contribution in [-0.4, -0.2) is 115 Å². The second kappa shape index (κ2) is 11.2. The van der Waals surface area contributed by atoms with E-state index in [-0.39, 0.29) is 23.4 Å². The van der Waals surface area contributed by atoms with Gasteiger partial charge in [-0.1, -0.05) is 5.21 Å². The number of H-pyrrole nitrogens is 1. The van der Waals surface area contributed by atoms with Gasteiger partial charge in [-0.2, -0.15) is 20.3 Å². The Bertz CT molecular complexity index is 1320. The molecule has 20 heteroatoms. The van der Waals surface area contributed by atoms with Gasteiger partial charge in [0.1, 0.15) is 30.7 Å². The molecule has 0 aromatic carbocycles. The highest BCUT2D eigenvalue weighted by Gasteiger charge is 2.51. The predicted molar refractivity (Wildman–Crippen MR) is 129 cm³/mol. The average molecular weight is 592 g/mol. The maximum absolute atomic E-state index is 12.3. The number of aliphatic hydroxyl groups is 3. The number of rotatable bonds is 13. The van der Waals surface area contributed by atoms with Crippen LogP contribution < -0.4 is 5.32 Å². The Morgan fingerprint density at radius 3 is 2.74 bits per heavy atom. The number of aliphatic hydroxyl groups excluding tert-OH is 3. The van der Waals surface area contributed by atoms with E-state index in [1.165, 1.54) is 10.9 Å². The third-order valence-electron chi connectivity index (χ3n) is 6.50. The summed E-state index contributed by atoms with van der Waals surface area (Å²) < 4.78 is 30.0. The van der Waals surface area contributed by atoms with E-state index in [1.807, 2.05) is 0 Å². The molecule has 0 spiro atoms. The molecule has 5 rings (SSSR count). The molecule has 1 aliphatic heterocycles. The van der Waals surface area contributed by atoms with Gasteiger partial charge in [-0.25, -0.2) is 4.68 Å². The van der Waals surface area contributed by atoms with E-state index in [2.05, 4.69) is 41.0 Å². The lowest BCUT2D eigenvalue weighted by Crippen LogP contribution is -2.45. The summed E-state index contributed by atoms with van der Waals surface area (Å²) in [6.45, 7) is -2.09. The Hall–Kier alpha value is -2.38. The van der Waals surface area contributed by atoms with Gasteiger partial charge in [-0.15, -0.1) is 10.2 Å². The van der Waals surface area contributed by atoms with Crippen molar-refractivity contribution in [1.82, 2.24) is 40.4 Å². The maximum atomic E-state index is 12.3. The maximum Gasteiger partial charge on any atom is 0.361 e. The number of tetrazole rings is 1. The second-order valence-electron chi connectivity index (χ2n) is 9.32. The zero-order valence-electron chi connectivity index (χ0n) is 20.2. The lowest BCUT2D eigenvalue weighted by atomic mass is 10.1. The Kier molecular flexibility index (Phi) is 8.12. The van der Waals surface area contributed by atoms with Gasteiger partial charge in [0.15, 0.2) is 17.7 Å². The first-order chi connectivity index (χ1) is 18.6. The third kappa shape index (κ3) is 5.90. The smallest absolute Gasteiger partial charge is 0.361 e. The van der Waals surface area contributed by atoms with Crippen LogP contribution in [0.5, 0.6) is 0 Å². The standard InChI is InChI=1S/C19H27ClN9O9P/c20-18-23-15(21-3-9-1-2-9)10-4-22-29(16(10)24-18)17-14(32)13(31)11(38-17)5-37-19(7-30,39(33,34)35)8-36-6-12-25-27-28-26-12/h4,9,11,13-14,17,30-32H,1-3,5-8H2,(H,21,23,24)(H2,33,34,35)(H,25,26,27,28)/t11-,13-,14-,17-,19?/m1/s1. The van der Waals surface area contributed by atoms with Gasteiger partial charge < -0.3 is 44.6 Å². The van der Waals surface area contributed by atoms with Gasteiger partial charge in [0.2, 0.25) is 10.6 Å². The van der Waals surface area contributed by atoms with Gasteiger partial charge in [-0.3, -0.25) is 4.57 Å². The van der Waals surface area contributed by atoms with Crippen molar-refractivity contribution >= 4 is 36.0 Å². The Balaban J connectivity index is 1.30. The quantitative estimate of drug-likeness (QED) is 0.0884. The van der Waals surface area contributed by atoms with Crippen molar-refractivity contribution in [2.24, 2.45) is 5.92 Å². The zero-order chi connectivity index (χ0) is 27.8. The number of anilines is 1. The molecule has 1 saturated carbocycles. The summed E-state index contributed by atoms with van der Waals surface area (Å²) in [6.07, 6.45) is -1.87. The number of halogens is 1. The highest BCUT2D eigenvalue weighted by atomic mass is 35.5. The van der Waals surface area contributed by atoms with Crippen molar-refractivity contribution in [3.05, 3.63) is 17.3 Å². The molecule has 1 aliphatic carbocycles. The average Bonchev–Trinajstić information content (AvgIpc) is 3.26. The van der Waals surface area contributed by atoms with Crippen molar-refractivity contribution in [3.8, 4) is 0 Å². The number of aromatic nitrogens is 8. The highest BCUT2D eigenvalue weighted by Crippen LogP contribution is 2.51. The first-order valence-electron chi connectivity index (χ1n) is 11.9. The molecule has 1 unspecified atom stereocenters. The topological polar surface area (TPSA) is 256 Å². The minimum Gasteiger partial charge on any atom is -0.393 e. The first-order valence-corrected chi connectivity index (χ1v) is 13.9. The lowest BCUT2D eigenvalue weighted by molar-refractivity contribution is -0.131. The molecular formula is C19H27ClN9O9P.